The van der Waals surface area contributed by atoms with Crippen LogP contribution in [-0.2, 0) is 11.2 Å². The normalized spacial score (nSPS) is 13.3. The molecule has 0 aromatic carbocycles. The molecule has 1 atom stereocenters. The molecule has 0 bridgehead atoms. The smallest absolute Gasteiger partial charge is 0.160 e. The minimum absolute atomic E-state index is 0.221. The van der Waals surface area contributed by atoms with Crippen molar-refractivity contribution < 1.29 is 4.74 Å². The molecule has 0 aliphatic carbocycles. The van der Waals surface area contributed by atoms with E-state index in [2.05, 4.69) is 29.5 Å². The third-order valence-electron chi connectivity index (χ3n) is 3.50. The van der Waals surface area contributed by atoms with Gasteiger partial charge in [-0.2, -0.15) is 0 Å². The molecule has 1 unspecified atom stereocenters. The molecular weight excluding hydrogens is 274 g/mol. The molecule has 0 radical (unpaired) electrons. The molecule has 0 spiro atoms. The predicted octanol–water partition coefficient (Wildman–Crippen LogP) is 3.36. The average Bonchev–Trinajstić information content (AvgIpc) is 2.73. The van der Waals surface area contributed by atoms with Crippen molar-refractivity contribution in [3.05, 3.63) is 23.7 Å². The van der Waals surface area contributed by atoms with E-state index in [-0.39, 0.29) is 6.04 Å². The van der Waals surface area contributed by atoms with Gasteiger partial charge in [-0.3, -0.25) is 0 Å². The Morgan fingerprint density at radius 2 is 2.15 bits per heavy atom. The van der Waals surface area contributed by atoms with Gasteiger partial charge >= 0.3 is 0 Å². The van der Waals surface area contributed by atoms with Crippen molar-refractivity contribution in [1.82, 2.24) is 14.5 Å². The summed E-state index contributed by atoms with van der Waals surface area (Å²) in [5.74, 6) is 1.98. The Hall–Kier alpha value is -1.13. The van der Waals surface area contributed by atoms with Crippen LogP contribution >= 0.6 is 11.6 Å². The molecule has 0 aliphatic rings. The van der Waals surface area contributed by atoms with E-state index >= 15 is 0 Å². The highest BCUT2D eigenvalue weighted by Crippen LogP contribution is 2.26. The second-order valence-corrected chi connectivity index (χ2v) is 5.84. The highest BCUT2D eigenvalue weighted by Gasteiger charge is 2.22. The standard InChI is InChI=1S/C15H22ClN3O/c1-10(2)13(9-20-4)19-14(5-6-16)18-12-7-11(3)8-17-15(12)19/h7-8,10,13H,5-6,9H2,1-4H3. The zero-order valence-corrected chi connectivity index (χ0v) is 13.3. The molecule has 0 fully saturated rings. The third kappa shape index (κ3) is 2.96. The van der Waals surface area contributed by atoms with Gasteiger partial charge in [-0.05, 0) is 24.5 Å². The van der Waals surface area contributed by atoms with E-state index in [0.717, 1.165) is 29.0 Å². The Bertz CT molecular complexity index is 580. The maximum Gasteiger partial charge on any atom is 0.160 e. The Morgan fingerprint density at radius 3 is 2.75 bits per heavy atom. The Labute approximate surface area is 125 Å². The molecule has 2 rings (SSSR count). The number of fused-ring (bicyclic) bond motifs is 1. The number of alkyl halides is 1. The zero-order chi connectivity index (χ0) is 14.7. The number of ether oxygens (including phenoxy) is 1. The summed E-state index contributed by atoms with van der Waals surface area (Å²) < 4.78 is 7.59. The molecule has 4 nitrogen and oxygen atoms in total. The van der Waals surface area contributed by atoms with Crippen LogP contribution in [0.4, 0.5) is 0 Å². The minimum atomic E-state index is 0.221. The van der Waals surface area contributed by atoms with Gasteiger partial charge in [0, 0.05) is 25.6 Å². The van der Waals surface area contributed by atoms with Gasteiger partial charge < -0.3 is 9.30 Å². The van der Waals surface area contributed by atoms with Crippen LogP contribution in [0.1, 0.15) is 31.3 Å². The third-order valence-corrected chi connectivity index (χ3v) is 3.69. The minimum Gasteiger partial charge on any atom is -0.383 e. The molecule has 0 saturated heterocycles. The quantitative estimate of drug-likeness (QED) is 0.767. The number of pyridine rings is 1. The van der Waals surface area contributed by atoms with Crippen LogP contribution in [0.5, 0.6) is 0 Å². The first-order chi connectivity index (χ1) is 9.58. The Kier molecular flexibility index (Phi) is 5.00. The fourth-order valence-electron chi connectivity index (χ4n) is 2.47. The highest BCUT2D eigenvalue weighted by molar-refractivity contribution is 6.17. The van der Waals surface area contributed by atoms with Gasteiger partial charge in [-0.1, -0.05) is 13.8 Å². The molecule has 5 heteroatoms. The van der Waals surface area contributed by atoms with Crippen LogP contribution in [0.15, 0.2) is 12.3 Å². The van der Waals surface area contributed by atoms with Gasteiger partial charge in [0.15, 0.2) is 5.65 Å². The molecule has 2 aromatic rings. The summed E-state index contributed by atoms with van der Waals surface area (Å²) >= 11 is 5.92. The Balaban J connectivity index is 2.60. The number of nitrogens with zero attached hydrogens (tertiary/aromatic N) is 3. The van der Waals surface area contributed by atoms with E-state index in [1.54, 1.807) is 7.11 Å². The number of aromatic nitrogens is 3. The van der Waals surface area contributed by atoms with Crippen LogP contribution in [0.25, 0.3) is 11.2 Å². The first-order valence-electron chi connectivity index (χ1n) is 6.96. The van der Waals surface area contributed by atoms with Crippen LogP contribution in [0.2, 0.25) is 0 Å². The largest absolute Gasteiger partial charge is 0.383 e. The number of methoxy groups -OCH3 is 1. The van der Waals surface area contributed by atoms with Crippen molar-refractivity contribution in [3.8, 4) is 0 Å². The van der Waals surface area contributed by atoms with Crippen molar-refractivity contribution in [3.63, 3.8) is 0 Å². The van der Waals surface area contributed by atoms with Crippen molar-refractivity contribution in [2.45, 2.75) is 33.2 Å². The maximum atomic E-state index is 5.92. The lowest BCUT2D eigenvalue weighted by molar-refractivity contribution is 0.133. The van der Waals surface area contributed by atoms with E-state index in [9.17, 15) is 0 Å². The predicted molar refractivity (Wildman–Crippen MR) is 82.4 cm³/mol. The monoisotopic (exact) mass is 295 g/mol. The summed E-state index contributed by atoms with van der Waals surface area (Å²) in [6.07, 6.45) is 2.62. The van der Waals surface area contributed by atoms with Crippen molar-refractivity contribution in [1.29, 1.82) is 0 Å². The molecule has 0 saturated carbocycles. The zero-order valence-electron chi connectivity index (χ0n) is 12.6. The summed E-state index contributed by atoms with van der Waals surface area (Å²) in [5, 5.41) is 0. The second-order valence-electron chi connectivity index (χ2n) is 5.46. The molecule has 0 N–H and O–H groups in total. The van der Waals surface area contributed by atoms with Gasteiger partial charge in [0.2, 0.25) is 0 Å². The van der Waals surface area contributed by atoms with Crippen molar-refractivity contribution in [2.75, 3.05) is 19.6 Å². The lowest BCUT2D eigenvalue weighted by Crippen LogP contribution is -2.22. The topological polar surface area (TPSA) is 39.9 Å². The summed E-state index contributed by atoms with van der Waals surface area (Å²) in [6, 6.07) is 2.29. The summed E-state index contributed by atoms with van der Waals surface area (Å²) in [6.45, 7) is 7.05. The van der Waals surface area contributed by atoms with Crippen LogP contribution in [0.3, 0.4) is 0 Å². The highest BCUT2D eigenvalue weighted by atomic mass is 35.5. The molecule has 2 aromatic heterocycles. The summed E-state index contributed by atoms with van der Waals surface area (Å²) in [7, 11) is 1.73. The number of halogens is 1. The average molecular weight is 296 g/mol. The first-order valence-corrected chi connectivity index (χ1v) is 7.50. The number of rotatable bonds is 6. The number of hydrogen-bond acceptors (Lipinski definition) is 3. The maximum absolute atomic E-state index is 5.92. The molecule has 0 amide bonds. The number of hydrogen-bond donors (Lipinski definition) is 0. The molecule has 0 aliphatic heterocycles. The van der Waals surface area contributed by atoms with Gasteiger partial charge in [-0.25, -0.2) is 9.97 Å². The van der Waals surface area contributed by atoms with Gasteiger partial charge in [-0.15, -0.1) is 11.6 Å². The Morgan fingerprint density at radius 1 is 1.40 bits per heavy atom. The molecule has 2 heterocycles. The van der Waals surface area contributed by atoms with E-state index in [1.807, 2.05) is 13.1 Å². The van der Waals surface area contributed by atoms with Gasteiger partial charge in [0.1, 0.15) is 11.3 Å². The lowest BCUT2D eigenvalue weighted by atomic mass is 10.0. The van der Waals surface area contributed by atoms with Crippen LogP contribution in [0, 0.1) is 12.8 Å². The SMILES string of the molecule is COCC(C(C)C)n1c(CCCl)nc2cc(C)cnc21. The molecule has 20 heavy (non-hydrogen) atoms. The summed E-state index contributed by atoms with van der Waals surface area (Å²) in [4.78, 5) is 9.28. The van der Waals surface area contributed by atoms with E-state index < -0.39 is 0 Å². The lowest BCUT2D eigenvalue weighted by Gasteiger charge is -2.24. The first kappa shape index (κ1) is 15.3. The molecular formula is C15H22ClN3O. The molecule has 110 valence electrons. The van der Waals surface area contributed by atoms with Crippen molar-refractivity contribution in [2.24, 2.45) is 5.92 Å². The number of aryl methyl sites for hydroxylation is 2. The van der Waals surface area contributed by atoms with Crippen LogP contribution < -0.4 is 0 Å². The second kappa shape index (κ2) is 6.55. The van der Waals surface area contributed by atoms with Crippen LogP contribution in [-0.4, -0.2) is 34.1 Å². The van der Waals surface area contributed by atoms with Crippen molar-refractivity contribution >= 4 is 22.8 Å². The van der Waals surface area contributed by atoms with Gasteiger partial charge in [0.05, 0.1) is 12.6 Å². The summed E-state index contributed by atoms with van der Waals surface area (Å²) in [5.41, 5.74) is 2.98. The fourth-order valence-corrected chi connectivity index (χ4v) is 2.64. The number of imidazole rings is 1. The van der Waals surface area contributed by atoms with Gasteiger partial charge in [0.25, 0.3) is 0 Å². The fraction of sp³-hybridized carbons (Fsp3) is 0.600. The van der Waals surface area contributed by atoms with E-state index in [1.165, 1.54) is 0 Å². The van der Waals surface area contributed by atoms with E-state index in [4.69, 9.17) is 21.3 Å². The van der Waals surface area contributed by atoms with E-state index in [0.29, 0.717) is 18.4 Å².